The van der Waals surface area contributed by atoms with Crippen LogP contribution in [0.1, 0.15) is 6.92 Å². The molecule has 25 heavy (non-hydrogen) atoms. The first-order valence-electron chi connectivity index (χ1n) is 7.34. The summed E-state index contributed by atoms with van der Waals surface area (Å²) in [5.74, 6) is 0.847. The predicted molar refractivity (Wildman–Crippen MR) is 86.8 cm³/mol. The third-order valence-corrected chi connectivity index (χ3v) is 3.42. The van der Waals surface area contributed by atoms with E-state index in [0.29, 0.717) is 24.6 Å². The van der Waals surface area contributed by atoms with E-state index in [1.807, 2.05) is 0 Å². The van der Waals surface area contributed by atoms with E-state index in [-0.39, 0.29) is 23.4 Å². The second-order valence-corrected chi connectivity index (χ2v) is 5.18. The van der Waals surface area contributed by atoms with Gasteiger partial charge in [-0.25, -0.2) is 9.55 Å². The number of carbonyl (C=O) groups is 1. The first-order valence-corrected chi connectivity index (χ1v) is 7.34. The SMILES string of the molecule is CC(=O)NCCNc1ccc2nnc(-c3ncc([N+](=O)[O-])n3C)n2n1. The summed E-state index contributed by atoms with van der Waals surface area (Å²) in [7, 11) is 1.52. The number of nitrogens with one attached hydrogen (secondary N) is 2. The van der Waals surface area contributed by atoms with Gasteiger partial charge < -0.3 is 20.7 Å². The Morgan fingerprint density at radius 3 is 2.76 bits per heavy atom. The Morgan fingerprint density at radius 1 is 1.28 bits per heavy atom. The molecule has 0 aliphatic carbocycles. The topological polar surface area (TPSA) is 145 Å². The molecule has 3 aromatic heterocycles. The van der Waals surface area contributed by atoms with E-state index in [4.69, 9.17) is 0 Å². The highest BCUT2D eigenvalue weighted by Gasteiger charge is 2.23. The van der Waals surface area contributed by atoms with Gasteiger partial charge in [-0.3, -0.25) is 4.79 Å². The smallest absolute Gasteiger partial charge is 0.343 e. The van der Waals surface area contributed by atoms with Crippen molar-refractivity contribution in [3.8, 4) is 11.6 Å². The number of rotatable bonds is 6. The number of amides is 1. The Balaban J connectivity index is 1.88. The number of anilines is 1. The molecule has 0 bridgehead atoms. The number of hydrogen-bond acceptors (Lipinski definition) is 8. The highest BCUT2D eigenvalue weighted by molar-refractivity contribution is 5.72. The van der Waals surface area contributed by atoms with Crippen LogP contribution in [0.3, 0.4) is 0 Å². The van der Waals surface area contributed by atoms with Gasteiger partial charge in [-0.2, -0.15) is 4.52 Å². The molecule has 130 valence electrons. The molecule has 0 fully saturated rings. The van der Waals surface area contributed by atoms with Crippen molar-refractivity contribution in [2.45, 2.75) is 6.92 Å². The van der Waals surface area contributed by atoms with Gasteiger partial charge in [0.05, 0.1) is 7.05 Å². The minimum Gasteiger partial charge on any atom is -0.367 e. The molecule has 0 unspecified atom stereocenters. The van der Waals surface area contributed by atoms with Gasteiger partial charge in [-0.05, 0) is 17.1 Å². The molecule has 12 heteroatoms. The van der Waals surface area contributed by atoms with E-state index in [2.05, 4.69) is 30.9 Å². The predicted octanol–water partition coefficient (Wildman–Crippen LogP) is -0.0190. The van der Waals surface area contributed by atoms with Crippen molar-refractivity contribution in [3.05, 3.63) is 28.4 Å². The summed E-state index contributed by atoms with van der Waals surface area (Å²) in [5.41, 5.74) is 0.480. The number of nitrogens with zero attached hydrogens (tertiary/aromatic N) is 7. The molecular weight excluding hydrogens is 330 g/mol. The lowest BCUT2D eigenvalue weighted by atomic mass is 10.4. The summed E-state index contributed by atoms with van der Waals surface area (Å²) in [6.45, 7) is 2.39. The second kappa shape index (κ2) is 6.51. The van der Waals surface area contributed by atoms with Crippen LogP contribution in [-0.4, -0.2) is 53.3 Å². The lowest BCUT2D eigenvalue weighted by Crippen LogP contribution is -2.26. The third-order valence-electron chi connectivity index (χ3n) is 3.42. The van der Waals surface area contributed by atoms with Crippen LogP contribution in [0.15, 0.2) is 18.3 Å². The molecule has 0 radical (unpaired) electrons. The van der Waals surface area contributed by atoms with E-state index in [9.17, 15) is 14.9 Å². The van der Waals surface area contributed by atoms with Crippen molar-refractivity contribution in [1.82, 2.24) is 34.7 Å². The summed E-state index contributed by atoms with van der Waals surface area (Å²) in [6, 6.07) is 3.43. The monoisotopic (exact) mass is 345 g/mol. The van der Waals surface area contributed by atoms with Crippen molar-refractivity contribution < 1.29 is 9.72 Å². The molecular formula is C13H15N9O3. The minimum absolute atomic E-state index is 0.109. The molecule has 0 saturated heterocycles. The fourth-order valence-corrected chi connectivity index (χ4v) is 2.23. The molecule has 0 aliphatic rings. The van der Waals surface area contributed by atoms with Gasteiger partial charge in [0.25, 0.3) is 5.82 Å². The van der Waals surface area contributed by atoms with E-state index < -0.39 is 4.92 Å². The van der Waals surface area contributed by atoms with Crippen molar-refractivity contribution in [3.63, 3.8) is 0 Å². The summed E-state index contributed by atoms with van der Waals surface area (Å²) in [5, 5.41) is 29.1. The fourth-order valence-electron chi connectivity index (χ4n) is 2.23. The Labute approximate surface area is 141 Å². The van der Waals surface area contributed by atoms with Crippen LogP contribution in [0.25, 0.3) is 17.3 Å². The maximum absolute atomic E-state index is 11.0. The lowest BCUT2D eigenvalue weighted by Gasteiger charge is -2.06. The van der Waals surface area contributed by atoms with Crippen LogP contribution in [0.4, 0.5) is 11.6 Å². The van der Waals surface area contributed by atoms with Gasteiger partial charge in [0.2, 0.25) is 11.7 Å². The van der Waals surface area contributed by atoms with Gasteiger partial charge in [0.1, 0.15) is 12.0 Å². The van der Waals surface area contributed by atoms with Crippen LogP contribution >= 0.6 is 0 Å². The van der Waals surface area contributed by atoms with Gasteiger partial charge in [0.15, 0.2) is 5.65 Å². The van der Waals surface area contributed by atoms with Crippen LogP contribution < -0.4 is 10.6 Å². The van der Waals surface area contributed by atoms with E-state index >= 15 is 0 Å². The second-order valence-electron chi connectivity index (χ2n) is 5.18. The molecule has 12 nitrogen and oxygen atoms in total. The molecule has 0 atom stereocenters. The number of aromatic nitrogens is 6. The van der Waals surface area contributed by atoms with Crippen molar-refractivity contribution in [2.24, 2.45) is 7.05 Å². The van der Waals surface area contributed by atoms with E-state index in [1.165, 1.54) is 23.1 Å². The van der Waals surface area contributed by atoms with Gasteiger partial charge in [-0.15, -0.1) is 15.3 Å². The third kappa shape index (κ3) is 3.22. The van der Waals surface area contributed by atoms with Crippen molar-refractivity contribution >= 4 is 23.2 Å². The zero-order valence-corrected chi connectivity index (χ0v) is 13.5. The first-order chi connectivity index (χ1) is 12.0. The van der Waals surface area contributed by atoms with Crippen LogP contribution in [0.2, 0.25) is 0 Å². The lowest BCUT2D eigenvalue weighted by molar-refractivity contribution is -0.391. The number of nitro groups is 1. The standard InChI is InChI=1S/C13H15N9O3/c1-8(23)14-5-6-15-9-3-4-10-17-18-13(21(10)19-9)12-16-7-11(20(12)2)22(24)25/h3-4,7H,5-6H2,1-2H3,(H,14,23)(H,15,19). The number of fused-ring (bicyclic) bond motifs is 1. The molecule has 0 aliphatic heterocycles. The van der Waals surface area contributed by atoms with Crippen molar-refractivity contribution in [1.29, 1.82) is 0 Å². The molecule has 0 aromatic carbocycles. The number of imidazole rings is 1. The summed E-state index contributed by atoms with van der Waals surface area (Å²) in [6.07, 6.45) is 1.16. The molecule has 0 saturated carbocycles. The zero-order valence-electron chi connectivity index (χ0n) is 13.5. The molecule has 0 spiro atoms. The van der Waals surface area contributed by atoms with Crippen molar-refractivity contribution in [2.75, 3.05) is 18.4 Å². The number of hydrogen-bond donors (Lipinski definition) is 2. The fraction of sp³-hybridized carbons (Fsp3) is 0.308. The Kier molecular flexibility index (Phi) is 4.24. The average Bonchev–Trinajstić information content (AvgIpc) is 3.14. The molecule has 1 amide bonds. The Morgan fingerprint density at radius 2 is 2.08 bits per heavy atom. The maximum Gasteiger partial charge on any atom is 0.343 e. The first kappa shape index (κ1) is 16.3. The Hall–Kier alpha value is -3.57. The van der Waals surface area contributed by atoms with E-state index in [0.717, 1.165) is 6.20 Å². The average molecular weight is 345 g/mol. The largest absolute Gasteiger partial charge is 0.367 e. The molecule has 3 aromatic rings. The molecule has 3 rings (SSSR count). The highest BCUT2D eigenvalue weighted by atomic mass is 16.6. The summed E-state index contributed by atoms with van der Waals surface area (Å²) in [4.78, 5) is 25.3. The van der Waals surface area contributed by atoms with Gasteiger partial charge >= 0.3 is 5.82 Å². The maximum atomic E-state index is 11.0. The zero-order chi connectivity index (χ0) is 18.0. The minimum atomic E-state index is -0.526. The Bertz CT molecular complexity index is 946. The quantitative estimate of drug-likeness (QED) is 0.360. The summed E-state index contributed by atoms with van der Waals surface area (Å²) >= 11 is 0. The van der Waals surface area contributed by atoms with Gasteiger partial charge in [-0.1, -0.05) is 0 Å². The van der Waals surface area contributed by atoms with Gasteiger partial charge in [0, 0.05) is 20.0 Å². The highest BCUT2D eigenvalue weighted by Crippen LogP contribution is 2.21. The van der Waals surface area contributed by atoms with E-state index in [1.54, 1.807) is 12.1 Å². The molecule has 3 heterocycles. The summed E-state index contributed by atoms with van der Waals surface area (Å²) < 4.78 is 2.77. The molecule has 2 N–H and O–H groups in total. The van der Waals surface area contributed by atoms with Crippen LogP contribution in [0, 0.1) is 10.1 Å². The number of carbonyl (C=O) groups excluding carboxylic acids is 1. The normalized spacial score (nSPS) is 10.8. The van der Waals surface area contributed by atoms with Crippen LogP contribution in [-0.2, 0) is 11.8 Å². The van der Waals surface area contributed by atoms with Crippen LogP contribution in [0.5, 0.6) is 0 Å².